The zero-order valence-electron chi connectivity index (χ0n) is 28.2. The van der Waals surface area contributed by atoms with Crippen LogP contribution in [0.4, 0.5) is 5.69 Å². The van der Waals surface area contributed by atoms with Gasteiger partial charge in [-0.05, 0) is 105 Å². The highest BCUT2D eigenvalue weighted by atomic mass is 16.4. The van der Waals surface area contributed by atoms with Crippen molar-refractivity contribution in [2.24, 2.45) is 0 Å². The van der Waals surface area contributed by atoms with Crippen LogP contribution in [0.25, 0.3) is 66.1 Å². The first kappa shape index (κ1) is 29.7. The van der Waals surface area contributed by atoms with E-state index in [-0.39, 0.29) is 22.1 Å². The third-order valence-corrected chi connectivity index (χ3v) is 11.0. The molecule has 49 heavy (non-hydrogen) atoms. The molecule has 0 amide bonds. The molecule has 7 aromatic rings. The Kier molecular flexibility index (Phi) is 6.39. The van der Waals surface area contributed by atoms with Crippen LogP contribution in [0.1, 0.15) is 51.7 Å². The number of rotatable bonds is 3. The molecule has 5 aromatic carbocycles. The monoisotopic (exact) mass is 643 g/mol. The molecule has 2 aromatic heterocycles. The molecule has 5 nitrogen and oxygen atoms in total. The van der Waals surface area contributed by atoms with E-state index in [1.165, 1.54) is 16.8 Å². The summed E-state index contributed by atoms with van der Waals surface area (Å²) in [6, 6.07) is 34.1. The lowest BCUT2D eigenvalue weighted by atomic mass is 9.69. The Labute approximate surface area is 284 Å². The van der Waals surface area contributed by atoms with Crippen LogP contribution in [0.2, 0.25) is 0 Å². The topological polar surface area (TPSA) is 63.7 Å². The zero-order valence-corrected chi connectivity index (χ0v) is 28.2. The Morgan fingerprint density at radius 1 is 0.551 bits per heavy atom. The van der Waals surface area contributed by atoms with Crippen LogP contribution in [-0.4, -0.2) is 13.1 Å². The molecule has 5 heteroatoms. The summed E-state index contributed by atoms with van der Waals surface area (Å²) in [7, 11) is 0. The summed E-state index contributed by atoms with van der Waals surface area (Å²) in [5.74, 6) is 0. The van der Waals surface area contributed by atoms with Crippen molar-refractivity contribution in [2.45, 2.75) is 51.4 Å². The fraction of sp³-hybridized carbons (Fsp3) is 0.227. The van der Waals surface area contributed by atoms with Gasteiger partial charge in [0.15, 0.2) is 0 Å². The molecule has 2 aliphatic rings. The molecule has 0 bridgehead atoms. The van der Waals surface area contributed by atoms with Crippen molar-refractivity contribution in [3.63, 3.8) is 0 Å². The van der Waals surface area contributed by atoms with Crippen LogP contribution in [0, 0.1) is 0 Å². The number of anilines is 1. The maximum absolute atomic E-state index is 13.8. The molecular formula is C44H37NO4. The smallest absolute Gasteiger partial charge is 0.344 e. The minimum Gasteiger partial charge on any atom is -0.422 e. The van der Waals surface area contributed by atoms with Gasteiger partial charge in [-0.15, -0.1) is 0 Å². The molecule has 0 fully saturated rings. The number of benzene rings is 5. The summed E-state index contributed by atoms with van der Waals surface area (Å²) in [5, 5.41) is 3.96. The van der Waals surface area contributed by atoms with Gasteiger partial charge in [0, 0.05) is 35.1 Å². The Balaban J connectivity index is 1.14. The van der Waals surface area contributed by atoms with E-state index in [2.05, 4.69) is 50.8 Å². The Bertz CT molecular complexity index is 2620. The first-order chi connectivity index (χ1) is 23.6. The predicted octanol–water partition coefficient (Wildman–Crippen LogP) is 10.2. The summed E-state index contributed by atoms with van der Waals surface area (Å²) >= 11 is 0. The first-order valence-electron chi connectivity index (χ1n) is 17.1. The normalized spacial score (nSPS) is 16.3. The summed E-state index contributed by atoms with van der Waals surface area (Å²) in [5.41, 5.74) is 8.76. The van der Waals surface area contributed by atoms with Crippen molar-refractivity contribution >= 4 is 38.4 Å². The molecule has 9 rings (SSSR count). The number of nitrogens with zero attached hydrogens (tertiary/aromatic N) is 1. The van der Waals surface area contributed by atoms with Crippen LogP contribution in [0.3, 0.4) is 0 Å². The molecule has 0 aliphatic carbocycles. The number of hydrogen-bond donors (Lipinski definition) is 0. The second-order valence-electron chi connectivity index (χ2n) is 15.1. The van der Waals surface area contributed by atoms with E-state index in [4.69, 9.17) is 8.83 Å². The van der Waals surface area contributed by atoms with Crippen molar-refractivity contribution in [1.82, 2.24) is 0 Å². The van der Waals surface area contributed by atoms with Gasteiger partial charge in [-0.25, -0.2) is 9.59 Å². The largest absolute Gasteiger partial charge is 0.422 e. The lowest BCUT2D eigenvalue weighted by Crippen LogP contribution is -2.44. The van der Waals surface area contributed by atoms with Crippen LogP contribution >= 0.6 is 0 Å². The van der Waals surface area contributed by atoms with E-state index >= 15 is 0 Å². The van der Waals surface area contributed by atoms with Crippen LogP contribution < -0.4 is 16.2 Å². The van der Waals surface area contributed by atoms with E-state index < -0.39 is 0 Å². The predicted molar refractivity (Wildman–Crippen MR) is 200 cm³/mol. The Morgan fingerprint density at radius 3 is 1.80 bits per heavy atom. The highest BCUT2D eigenvalue weighted by Crippen LogP contribution is 2.51. The van der Waals surface area contributed by atoms with Gasteiger partial charge in [0.2, 0.25) is 0 Å². The van der Waals surface area contributed by atoms with E-state index in [0.29, 0.717) is 22.3 Å². The third-order valence-electron chi connectivity index (χ3n) is 11.0. The lowest BCUT2D eigenvalue weighted by molar-refractivity contribution is 0.398. The minimum absolute atomic E-state index is 0.0273. The maximum Gasteiger partial charge on any atom is 0.344 e. The molecule has 0 atom stereocenters. The van der Waals surface area contributed by atoms with E-state index in [1.807, 2.05) is 84.9 Å². The third kappa shape index (κ3) is 4.74. The van der Waals surface area contributed by atoms with Crippen molar-refractivity contribution in [3.05, 3.63) is 135 Å². The van der Waals surface area contributed by atoms with E-state index in [0.717, 1.165) is 69.7 Å². The quantitative estimate of drug-likeness (QED) is 0.142. The molecule has 4 heterocycles. The molecule has 0 N–H and O–H groups in total. The zero-order chi connectivity index (χ0) is 33.7. The molecule has 0 saturated carbocycles. The average Bonchev–Trinajstić information content (AvgIpc) is 3.09. The van der Waals surface area contributed by atoms with Gasteiger partial charge in [-0.2, -0.15) is 0 Å². The summed E-state index contributed by atoms with van der Waals surface area (Å²) in [4.78, 5) is 29.5. The second kappa shape index (κ2) is 10.5. The van der Waals surface area contributed by atoms with E-state index in [1.54, 1.807) is 0 Å². The summed E-state index contributed by atoms with van der Waals surface area (Å²) in [6.07, 6.45) is 2.11. The molecule has 0 saturated heterocycles. The van der Waals surface area contributed by atoms with Gasteiger partial charge in [-0.3, -0.25) is 0 Å². The van der Waals surface area contributed by atoms with Crippen LogP contribution in [-0.2, 0) is 10.8 Å². The van der Waals surface area contributed by atoms with Crippen molar-refractivity contribution < 1.29 is 8.83 Å². The van der Waals surface area contributed by atoms with Gasteiger partial charge in [-0.1, -0.05) is 88.4 Å². The highest BCUT2D eigenvalue weighted by Gasteiger charge is 2.42. The Hall–Kier alpha value is -5.42. The van der Waals surface area contributed by atoms with Crippen molar-refractivity contribution in [3.8, 4) is 33.4 Å². The molecule has 242 valence electrons. The highest BCUT2D eigenvalue weighted by molar-refractivity contribution is 5.97. The average molecular weight is 644 g/mol. The Morgan fingerprint density at radius 2 is 1.12 bits per heavy atom. The van der Waals surface area contributed by atoms with Gasteiger partial charge >= 0.3 is 11.3 Å². The maximum atomic E-state index is 13.8. The van der Waals surface area contributed by atoms with E-state index in [9.17, 15) is 9.59 Å². The van der Waals surface area contributed by atoms with Gasteiger partial charge in [0.1, 0.15) is 11.2 Å². The summed E-state index contributed by atoms with van der Waals surface area (Å²) in [6.45, 7) is 11.2. The molecule has 0 radical (unpaired) electrons. The number of fused-ring (bicyclic) bond motifs is 4. The molecular weight excluding hydrogens is 606 g/mol. The number of hydrogen-bond acceptors (Lipinski definition) is 5. The van der Waals surface area contributed by atoms with Gasteiger partial charge in [0.25, 0.3) is 0 Å². The molecule has 0 unspecified atom stereocenters. The van der Waals surface area contributed by atoms with Crippen molar-refractivity contribution in [1.29, 1.82) is 0 Å². The standard InChI is InChI=1S/C44H37NO4/c1-43(2)15-17-45-18-16-44(3,4)38-39(45)36(43)24-33-23-35(42(47)49-40(33)38)31-14-8-12-28(20-31)27-11-7-13-30(19-27)34-22-32-21-26-9-5-6-10-29(26)25-37(32)48-41(34)46/h5-14,19-25H,15-18H2,1-4H3. The van der Waals surface area contributed by atoms with Gasteiger partial charge < -0.3 is 13.7 Å². The van der Waals surface area contributed by atoms with Gasteiger partial charge in [0.05, 0.1) is 11.1 Å². The minimum atomic E-state index is -0.377. The van der Waals surface area contributed by atoms with Crippen LogP contribution in [0.5, 0.6) is 0 Å². The molecule has 0 spiro atoms. The molecule has 2 aliphatic heterocycles. The fourth-order valence-corrected chi connectivity index (χ4v) is 8.09. The van der Waals surface area contributed by atoms with Crippen molar-refractivity contribution in [2.75, 3.05) is 18.0 Å². The first-order valence-corrected chi connectivity index (χ1v) is 17.1. The summed E-state index contributed by atoms with van der Waals surface area (Å²) < 4.78 is 12.1. The lowest BCUT2D eigenvalue weighted by Gasteiger charge is -2.48. The second-order valence-corrected chi connectivity index (χ2v) is 15.1. The SMILES string of the molecule is CC1(C)CCN2CCC(C)(C)c3c2c1cc1cc(-c2cccc(-c4cccc(-c5cc6cc7ccccc7cc6oc5=O)c4)c2)c(=O)oc31. The van der Waals surface area contributed by atoms with Crippen LogP contribution in [0.15, 0.2) is 122 Å². The fourth-order valence-electron chi connectivity index (χ4n) is 8.09.